The largest absolute Gasteiger partial charge is 0.0923 e. The van der Waals surface area contributed by atoms with Crippen molar-refractivity contribution >= 4 is 49.0 Å². The van der Waals surface area contributed by atoms with Gasteiger partial charge in [-0.1, -0.05) is 79.9 Å². The SMILES string of the molecule is ClC=C(c1ccccc1Br)c1ccccc1Br. The lowest BCUT2D eigenvalue weighted by molar-refractivity contribution is 1.50. The molecule has 0 aliphatic heterocycles. The van der Waals surface area contributed by atoms with Gasteiger partial charge in [0, 0.05) is 20.1 Å². The molecule has 0 radical (unpaired) electrons. The Hall–Kier alpha value is -0.570. The quantitative estimate of drug-likeness (QED) is 0.621. The van der Waals surface area contributed by atoms with Crippen molar-refractivity contribution in [2.45, 2.75) is 0 Å². The first-order valence-electron chi connectivity index (χ1n) is 5.04. The number of hydrogen-bond donors (Lipinski definition) is 0. The van der Waals surface area contributed by atoms with Crippen molar-refractivity contribution in [2.75, 3.05) is 0 Å². The van der Waals surface area contributed by atoms with E-state index in [-0.39, 0.29) is 0 Å². The van der Waals surface area contributed by atoms with E-state index in [0.717, 1.165) is 25.6 Å². The highest BCUT2D eigenvalue weighted by atomic mass is 79.9. The fourth-order valence-corrected chi connectivity index (χ4v) is 2.85. The summed E-state index contributed by atoms with van der Waals surface area (Å²) in [6, 6.07) is 16.1. The van der Waals surface area contributed by atoms with Crippen LogP contribution in [0, 0.1) is 0 Å². The molecule has 0 nitrogen and oxygen atoms in total. The molecule has 0 heterocycles. The van der Waals surface area contributed by atoms with Gasteiger partial charge in [0.2, 0.25) is 0 Å². The maximum atomic E-state index is 5.98. The number of rotatable bonds is 2. The van der Waals surface area contributed by atoms with Crippen LogP contribution in [0.1, 0.15) is 11.1 Å². The standard InChI is InChI=1S/C14H9Br2Cl/c15-13-7-3-1-5-10(13)12(9-17)11-6-2-4-8-14(11)16/h1-9H. The second kappa shape index (κ2) is 5.85. The Morgan fingerprint density at radius 2 is 1.24 bits per heavy atom. The molecule has 0 fully saturated rings. The zero-order valence-electron chi connectivity index (χ0n) is 8.83. The van der Waals surface area contributed by atoms with Gasteiger partial charge in [0.1, 0.15) is 0 Å². The predicted molar refractivity (Wildman–Crippen MR) is 81.2 cm³/mol. The summed E-state index contributed by atoms with van der Waals surface area (Å²) < 4.78 is 2.06. The molecule has 0 atom stereocenters. The van der Waals surface area contributed by atoms with Crippen molar-refractivity contribution in [2.24, 2.45) is 0 Å². The van der Waals surface area contributed by atoms with Crippen molar-refractivity contribution in [3.05, 3.63) is 74.1 Å². The lowest BCUT2D eigenvalue weighted by atomic mass is 10.00. The van der Waals surface area contributed by atoms with E-state index in [0.29, 0.717) is 0 Å². The molecule has 0 aliphatic carbocycles. The summed E-state index contributed by atoms with van der Waals surface area (Å²) in [7, 11) is 0. The van der Waals surface area contributed by atoms with E-state index in [1.165, 1.54) is 0 Å². The lowest BCUT2D eigenvalue weighted by Gasteiger charge is -2.10. The molecule has 0 amide bonds. The highest BCUT2D eigenvalue weighted by molar-refractivity contribution is 9.10. The van der Waals surface area contributed by atoms with Crippen LogP contribution in [-0.4, -0.2) is 0 Å². The molecule has 2 aromatic carbocycles. The van der Waals surface area contributed by atoms with E-state index in [9.17, 15) is 0 Å². The third kappa shape index (κ3) is 2.82. The van der Waals surface area contributed by atoms with Crippen LogP contribution in [0.3, 0.4) is 0 Å². The first-order chi connectivity index (χ1) is 8.24. The van der Waals surface area contributed by atoms with E-state index in [4.69, 9.17) is 11.6 Å². The van der Waals surface area contributed by atoms with E-state index in [1.807, 2.05) is 48.5 Å². The van der Waals surface area contributed by atoms with E-state index in [1.54, 1.807) is 5.54 Å². The molecule has 0 spiro atoms. The van der Waals surface area contributed by atoms with Crippen LogP contribution in [0.4, 0.5) is 0 Å². The van der Waals surface area contributed by atoms with Gasteiger partial charge in [-0.05, 0) is 23.3 Å². The molecule has 2 rings (SSSR count). The van der Waals surface area contributed by atoms with Crippen molar-refractivity contribution in [1.29, 1.82) is 0 Å². The zero-order chi connectivity index (χ0) is 12.3. The van der Waals surface area contributed by atoms with Crippen LogP contribution in [0.15, 0.2) is 63.0 Å². The molecule has 3 heteroatoms. The van der Waals surface area contributed by atoms with Crippen LogP contribution in [0.25, 0.3) is 5.57 Å². The van der Waals surface area contributed by atoms with E-state index < -0.39 is 0 Å². The monoisotopic (exact) mass is 370 g/mol. The van der Waals surface area contributed by atoms with Crippen molar-refractivity contribution in [3.63, 3.8) is 0 Å². The molecule has 0 saturated carbocycles. The summed E-state index contributed by atoms with van der Waals surface area (Å²) >= 11 is 13.1. The summed E-state index contributed by atoms with van der Waals surface area (Å²) in [5.41, 5.74) is 4.76. The lowest BCUT2D eigenvalue weighted by Crippen LogP contribution is -1.89. The predicted octanol–water partition coefficient (Wildman–Crippen LogP) is 5.84. The van der Waals surface area contributed by atoms with Gasteiger partial charge >= 0.3 is 0 Å². The summed E-state index contributed by atoms with van der Waals surface area (Å²) in [6.45, 7) is 0. The fourth-order valence-electron chi connectivity index (χ4n) is 1.62. The van der Waals surface area contributed by atoms with Crippen LogP contribution in [-0.2, 0) is 0 Å². The Labute approximate surface area is 123 Å². The average Bonchev–Trinajstić information content (AvgIpc) is 2.34. The maximum absolute atomic E-state index is 5.98. The Kier molecular flexibility index (Phi) is 4.43. The topological polar surface area (TPSA) is 0 Å². The molecular formula is C14H9Br2Cl. The number of hydrogen-bond acceptors (Lipinski definition) is 0. The fraction of sp³-hybridized carbons (Fsp3) is 0. The van der Waals surface area contributed by atoms with E-state index in [2.05, 4.69) is 31.9 Å². The normalized spacial score (nSPS) is 10.1. The summed E-state index contributed by atoms with van der Waals surface area (Å²) in [5.74, 6) is 0. The van der Waals surface area contributed by atoms with Crippen LogP contribution < -0.4 is 0 Å². The van der Waals surface area contributed by atoms with Crippen LogP contribution >= 0.6 is 43.5 Å². The third-order valence-electron chi connectivity index (χ3n) is 2.44. The first kappa shape index (κ1) is 12.9. The molecule has 86 valence electrons. The minimum Gasteiger partial charge on any atom is -0.0923 e. The summed E-state index contributed by atoms with van der Waals surface area (Å²) in [5, 5.41) is 0. The van der Waals surface area contributed by atoms with Gasteiger partial charge in [0.15, 0.2) is 0 Å². The van der Waals surface area contributed by atoms with Crippen LogP contribution in [0.5, 0.6) is 0 Å². The molecule has 17 heavy (non-hydrogen) atoms. The maximum Gasteiger partial charge on any atom is 0.0254 e. The summed E-state index contributed by atoms with van der Waals surface area (Å²) in [6.07, 6.45) is 0. The van der Waals surface area contributed by atoms with E-state index >= 15 is 0 Å². The van der Waals surface area contributed by atoms with Gasteiger partial charge in [-0.3, -0.25) is 0 Å². The summed E-state index contributed by atoms with van der Waals surface area (Å²) in [4.78, 5) is 0. The van der Waals surface area contributed by atoms with Crippen molar-refractivity contribution < 1.29 is 0 Å². The zero-order valence-corrected chi connectivity index (χ0v) is 12.8. The Balaban J connectivity index is 2.57. The second-order valence-corrected chi connectivity index (χ2v) is 5.41. The first-order valence-corrected chi connectivity index (χ1v) is 7.06. The number of benzene rings is 2. The Morgan fingerprint density at radius 1 is 0.824 bits per heavy atom. The molecule has 0 N–H and O–H groups in total. The molecule has 0 bridgehead atoms. The Bertz CT molecular complexity index is 514. The number of halogens is 3. The highest BCUT2D eigenvalue weighted by Crippen LogP contribution is 2.33. The van der Waals surface area contributed by atoms with Gasteiger partial charge in [0.25, 0.3) is 0 Å². The van der Waals surface area contributed by atoms with Crippen molar-refractivity contribution in [3.8, 4) is 0 Å². The minimum absolute atomic E-state index is 0.992. The van der Waals surface area contributed by atoms with Gasteiger partial charge in [-0.15, -0.1) is 0 Å². The average molecular weight is 372 g/mol. The minimum atomic E-state index is 0.992. The van der Waals surface area contributed by atoms with Gasteiger partial charge in [0.05, 0.1) is 0 Å². The molecule has 2 aromatic rings. The highest BCUT2D eigenvalue weighted by Gasteiger charge is 2.10. The Morgan fingerprint density at radius 3 is 1.59 bits per heavy atom. The van der Waals surface area contributed by atoms with Gasteiger partial charge < -0.3 is 0 Å². The molecule has 0 aliphatic rings. The molecule has 0 aromatic heterocycles. The smallest absolute Gasteiger partial charge is 0.0254 e. The van der Waals surface area contributed by atoms with Gasteiger partial charge in [-0.2, -0.15) is 0 Å². The van der Waals surface area contributed by atoms with Gasteiger partial charge in [-0.25, -0.2) is 0 Å². The molecule has 0 saturated heterocycles. The molecular weight excluding hydrogens is 363 g/mol. The van der Waals surface area contributed by atoms with Crippen LogP contribution in [0.2, 0.25) is 0 Å². The van der Waals surface area contributed by atoms with Crippen molar-refractivity contribution in [1.82, 2.24) is 0 Å². The second-order valence-electron chi connectivity index (χ2n) is 3.48. The molecule has 0 unspecified atom stereocenters. The third-order valence-corrected chi connectivity index (χ3v) is 4.04.